The molecule has 1 aliphatic carbocycles. The van der Waals surface area contributed by atoms with Gasteiger partial charge < -0.3 is 9.47 Å². The first-order valence-electron chi connectivity index (χ1n) is 15.0. The Balaban J connectivity index is 1.24. The van der Waals surface area contributed by atoms with E-state index in [4.69, 9.17) is 9.47 Å². The first-order chi connectivity index (χ1) is 20.8. The number of benzene rings is 3. The van der Waals surface area contributed by atoms with E-state index in [2.05, 4.69) is 26.0 Å². The van der Waals surface area contributed by atoms with Crippen molar-refractivity contribution in [1.82, 2.24) is 13.9 Å². The van der Waals surface area contributed by atoms with Crippen molar-refractivity contribution in [3.63, 3.8) is 0 Å². The maximum atomic E-state index is 13.8. The monoisotopic (exact) mass is 579 g/mol. The second-order valence-electron chi connectivity index (χ2n) is 12.0. The van der Waals surface area contributed by atoms with Gasteiger partial charge in [0, 0.05) is 5.92 Å². The summed E-state index contributed by atoms with van der Waals surface area (Å²) in [6.07, 6.45) is 6.81. The largest absolute Gasteiger partial charge is 0.460 e. The van der Waals surface area contributed by atoms with Gasteiger partial charge in [-0.15, -0.1) is 0 Å². The van der Waals surface area contributed by atoms with Crippen LogP contribution >= 0.6 is 0 Å². The number of carbonyl (C=O) groups excluding carboxylic acids is 1. The van der Waals surface area contributed by atoms with Crippen LogP contribution < -0.4 is 16.1 Å². The van der Waals surface area contributed by atoms with Crippen LogP contribution in [0.25, 0.3) is 5.69 Å². The summed E-state index contributed by atoms with van der Waals surface area (Å²) in [6.45, 7) is 6.21. The molecule has 6 rings (SSSR count). The van der Waals surface area contributed by atoms with E-state index in [1.807, 2.05) is 55.5 Å². The average Bonchev–Trinajstić information content (AvgIpc) is 3.29. The Morgan fingerprint density at radius 1 is 0.767 bits per heavy atom. The van der Waals surface area contributed by atoms with E-state index in [0.717, 1.165) is 47.3 Å². The van der Waals surface area contributed by atoms with Gasteiger partial charge in [-0.1, -0.05) is 81.0 Å². The summed E-state index contributed by atoms with van der Waals surface area (Å²) in [5, 5.41) is 0. The second-order valence-corrected chi connectivity index (χ2v) is 12.0. The van der Waals surface area contributed by atoms with Gasteiger partial charge in [0.05, 0.1) is 11.7 Å². The van der Waals surface area contributed by atoms with Crippen molar-refractivity contribution in [2.24, 2.45) is 5.92 Å². The first-order valence-corrected chi connectivity index (χ1v) is 15.0. The lowest BCUT2D eigenvalue weighted by Gasteiger charge is -2.42. The minimum atomic E-state index is -1.03. The molecule has 4 aromatic rings. The van der Waals surface area contributed by atoms with Crippen LogP contribution in [-0.4, -0.2) is 26.0 Å². The minimum Gasteiger partial charge on any atom is -0.460 e. The Labute approximate surface area is 250 Å². The summed E-state index contributed by atoms with van der Waals surface area (Å²) >= 11 is 0. The third-order valence-electron chi connectivity index (χ3n) is 8.96. The van der Waals surface area contributed by atoms with Gasteiger partial charge in [0.2, 0.25) is 0 Å². The standard InChI is InChI=1S/C35H37N3O5/c1-24-18-23-30(38-34(41)36(33(40)37(24)38)26-12-6-4-7-13-26)32(39)43-31-17-11-10-16-29(31)35(2,3)25-19-21-28(22-20-25)42-27-14-8-5-9-15-27/h4-9,12-15,18-24,29-31H,10-11,16-17H2,1-3H3/t24-,29+,30-,31+/m1/s1. The molecule has 1 aliphatic heterocycles. The molecule has 0 amide bonds. The van der Waals surface area contributed by atoms with Crippen molar-refractivity contribution < 1.29 is 14.3 Å². The Morgan fingerprint density at radius 2 is 1.37 bits per heavy atom. The zero-order valence-electron chi connectivity index (χ0n) is 24.8. The van der Waals surface area contributed by atoms with Crippen LogP contribution in [0.4, 0.5) is 0 Å². The van der Waals surface area contributed by atoms with Gasteiger partial charge in [-0.2, -0.15) is 0 Å². The molecule has 1 saturated carbocycles. The van der Waals surface area contributed by atoms with Crippen LogP contribution in [0.2, 0.25) is 0 Å². The maximum absolute atomic E-state index is 13.8. The lowest BCUT2D eigenvalue weighted by Crippen LogP contribution is -2.44. The lowest BCUT2D eigenvalue weighted by molar-refractivity contribution is -0.158. The lowest BCUT2D eigenvalue weighted by atomic mass is 9.66. The molecule has 3 aromatic carbocycles. The van der Waals surface area contributed by atoms with Crippen LogP contribution in [0, 0.1) is 5.92 Å². The summed E-state index contributed by atoms with van der Waals surface area (Å²) in [6, 6.07) is 25.2. The van der Waals surface area contributed by atoms with Gasteiger partial charge >= 0.3 is 17.3 Å². The van der Waals surface area contributed by atoms with E-state index in [-0.39, 0.29) is 23.5 Å². The first kappa shape index (κ1) is 28.5. The van der Waals surface area contributed by atoms with E-state index in [1.165, 1.54) is 9.36 Å². The van der Waals surface area contributed by atoms with E-state index < -0.39 is 23.4 Å². The highest BCUT2D eigenvalue weighted by atomic mass is 16.5. The number of aromatic nitrogens is 3. The highest BCUT2D eigenvalue weighted by molar-refractivity contribution is 5.76. The SMILES string of the molecule is C[C@@H]1C=C[C@H](C(=O)O[C@H]2CCCC[C@@H]2C(C)(C)c2ccc(Oc3ccccc3)cc2)n2c(=O)n(-c3ccccc3)c(=O)n21. The zero-order chi connectivity index (χ0) is 30.1. The van der Waals surface area contributed by atoms with E-state index in [1.54, 1.807) is 36.4 Å². The van der Waals surface area contributed by atoms with Crippen molar-refractivity contribution in [2.45, 2.75) is 70.1 Å². The molecule has 2 heterocycles. The molecule has 0 spiro atoms. The molecular formula is C35H37N3O5. The second kappa shape index (κ2) is 11.6. The average molecular weight is 580 g/mol. The Bertz CT molecular complexity index is 1730. The molecule has 8 nitrogen and oxygen atoms in total. The molecular weight excluding hydrogens is 542 g/mol. The molecule has 222 valence electrons. The summed E-state index contributed by atoms with van der Waals surface area (Å²) in [5.74, 6) is 1.09. The van der Waals surface area contributed by atoms with E-state index >= 15 is 0 Å². The van der Waals surface area contributed by atoms with Crippen LogP contribution in [0.15, 0.2) is 107 Å². The molecule has 8 heteroatoms. The number of rotatable bonds is 7. The van der Waals surface area contributed by atoms with Crippen LogP contribution in [0.5, 0.6) is 11.5 Å². The molecule has 0 N–H and O–H groups in total. The maximum Gasteiger partial charge on any atom is 0.352 e. The number of carbonyl (C=O) groups is 1. The summed E-state index contributed by atoms with van der Waals surface area (Å²) in [7, 11) is 0. The number of hydrogen-bond acceptors (Lipinski definition) is 5. The highest BCUT2D eigenvalue weighted by Gasteiger charge is 2.42. The van der Waals surface area contributed by atoms with Gasteiger partial charge in [-0.3, -0.25) is 0 Å². The molecule has 0 bridgehead atoms. The highest BCUT2D eigenvalue weighted by Crippen LogP contribution is 2.43. The third kappa shape index (κ3) is 5.38. The van der Waals surface area contributed by atoms with Gasteiger partial charge in [0.25, 0.3) is 0 Å². The molecule has 0 saturated heterocycles. The molecule has 4 atom stereocenters. The summed E-state index contributed by atoms with van der Waals surface area (Å²) in [4.78, 5) is 40.8. The predicted octanol–water partition coefficient (Wildman–Crippen LogP) is 6.34. The number of fused-ring (bicyclic) bond motifs is 1. The molecule has 0 unspecified atom stereocenters. The summed E-state index contributed by atoms with van der Waals surface area (Å²) < 4.78 is 16.0. The van der Waals surface area contributed by atoms with Gasteiger partial charge in [0.15, 0.2) is 6.04 Å². The van der Waals surface area contributed by atoms with Crippen molar-refractivity contribution in [3.8, 4) is 17.2 Å². The fraction of sp³-hybridized carbons (Fsp3) is 0.343. The number of para-hydroxylation sites is 2. The Kier molecular flexibility index (Phi) is 7.69. The fourth-order valence-electron chi connectivity index (χ4n) is 6.57. The summed E-state index contributed by atoms with van der Waals surface area (Å²) in [5.41, 5.74) is 0.260. The minimum absolute atomic E-state index is 0.0745. The van der Waals surface area contributed by atoms with Crippen molar-refractivity contribution >= 4 is 5.97 Å². The molecule has 1 fully saturated rings. The normalized spacial score (nSPS) is 21.7. The number of nitrogens with zero attached hydrogens (tertiary/aromatic N) is 3. The van der Waals surface area contributed by atoms with Gasteiger partial charge in [-0.25, -0.2) is 28.3 Å². The van der Waals surface area contributed by atoms with Crippen LogP contribution in [-0.2, 0) is 14.9 Å². The molecule has 2 aliphatic rings. The van der Waals surface area contributed by atoms with Crippen LogP contribution in [0.3, 0.4) is 0 Å². The third-order valence-corrected chi connectivity index (χ3v) is 8.96. The number of hydrogen-bond donors (Lipinski definition) is 0. The fourth-order valence-corrected chi connectivity index (χ4v) is 6.57. The molecule has 1 aromatic heterocycles. The topological polar surface area (TPSA) is 84.5 Å². The molecule has 0 radical (unpaired) electrons. The number of esters is 1. The zero-order valence-corrected chi connectivity index (χ0v) is 24.8. The van der Waals surface area contributed by atoms with Crippen LogP contribution in [0.1, 0.15) is 64.1 Å². The van der Waals surface area contributed by atoms with Gasteiger partial charge in [-0.05, 0) is 73.6 Å². The smallest absolute Gasteiger partial charge is 0.352 e. The van der Waals surface area contributed by atoms with E-state index in [0.29, 0.717) is 5.69 Å². The Hall–Kier alpha value is -4.59. The number of ether oxygens (including phenoxy) is 2. The van der Waals surface area contributed by atoms with Crippen molar-refractivity contribution in [2.75, 3.05) is 0 Å². The quantitative estimate of drug-likeness (QED) is 0.188. The van der Waals surface area contributed by atoms with E-state index in [9.17, 15) is 14.4 Å². The predicted molar refractivity (Wildman–Crippen MR) is 165 cm³/mol. The van der Waals surface area contributed by atoms with Crippen molar-refractivity contribution in [1.29, 1.82) is 0 Å². The Morgan fingerprint density at radius 3 is 2.07 bits per heavy atom. The number of allylic oxidation sites excluding steroid dienone is 1. The van der Waals surface area contributed by atoms with Gasteiger partial charge in [0.1, 0.15) is 17.6 Å². The van der Waals surface area contributed by atoms with Crippen molar-refractivity contribution in [3.05, 3.63) is 124 Å². The molecule has 43 heavy (non-hydrogen) atoms.